The van der Waals surface area contributed by atoms with Gasteiger partial charge in [0.1, 0.15) is 11.8 Å². The lowest BCUT2D eigenvalue weighted by Crippen LogP contribution is -2.60. The molecular formula is C35H42ClN3O4S. The van der Waals surface area contributed by atoms with Crippen molar-refractivity contribution in [2.24, 2.45) is 5.92 Å². The van der Waals surface area contributed by atoms with Crippen LogP contribution in [-0.4, -0.2) is 73.8 Å². The molecule has 1 atom stereocenters. The van der Waals surface area contributed by atoms with Gasteiger partial charge in [0.25, 0.3) is 0 Å². The maximum Gasteiger partial charge on any atom is 0.243 e. The van der Waals surface area contributed by atoms with Gasteiger partial charge in [0, 0.05) is 44.3 Å². The third-order valence-corrected chi connectivity index (χ3v) is 11.5. The summed E-state index contributed by atoms with van der Waals surface area (Å²) < 4.78 is 35.4. The summed E-state index contributed by atoms with van der Waals surface area (Å²) in [5.41, 5.74) is 3.32. The number of likely N-dealkylation sites (tertiary alicyclic amines) is 1. The molecule has 44 heavy (non-hydrogen) atoms. The average molecular weight is 636 g/mol. The van der Waals surface area contributed by atoms with Crippen molar-refractivity contribution >= 4 is 27.5 Å². The number of nitrogens with zero attached hydrogens (tertiary/aromatic N) is 3. The minimum absolute atomic E-state index is 0.0960. The first-order valence-corrected chi connectivity index (χ1v) is 17.8. The SMILES string of the molecule is O=C([C@H]1CN(Cc2ccc(-c3ccc(Cl)cc3)cc2)CCN1S(=O)(=O)c1ccc(OCC2CCCCC2)cc1)N1CCCC1. The number of rotatable bonds is 9. The molecule has 3 aromatic rings. The number of hydrogen-bond acceptors (Lipinski definition) is 5. The number of ether oxygens (including phenoxy) is 1. The summed E-state index contributed by atoms with van der Waals surface area (Å²) in [5.74, 6) is 1.16. The monoisotopic (exact) mass is 635 g/mol. The van der Waals surface area contributed by atoms with Crippen LogP contribution in [0.1, 0.15) is 50.5 Å². The third-order valence-electron chi connectivity index (χ3n) is 9.30. The summed E-state index contributed by atoms with van der Waals surface area (Å²) >= 11 is 6.05. The minimum atomic E-state index is -3.88. The summed E-state index contributed by atoms with van der Waals surface area (Å²) in [6.07, 6.45) is 8.11. The van der Waals surface area contributed by atoms with Crippen LogP contribution in [0.2, 0.25) is 5.02 Å². The fraction of sp³-hybridized carbons (Fsp3) is 0.457. The van der Waals surface area contributed by atoms with Crippen LogP contribution in [0.15, 0.2) is 77.7 Å². The Bertz CT molecular complexity index is 1500. The van der Waals surface area contributed by atoms with Crippen LogP contribution in [0.3, 0.4) is 0 Å². The van der Waals surface area contributed by atoms with Gasteiger partial charge in [-0.1, -0.05) is 67.3 Å². The second kappa shape index (κ2) is 14.0. The average Bonchev–Trinajstić information content (AvgIpc) is 3.60. The van der Waals surface area contributed by atoms with E-state index < -0.39 is 16.1 Å². The number of sulfonamides is 1. The topological polar surface area (TPSA) is 70.2 Å². The number of piperazine rings is 1. The molecule has 0 radical (unpaired) electrons. The summed E-state index contributed by atoms with van der Waals surface area (Å²) in [6.45, 7) is 3.84. The highest BCUT2D eigenvalue weighted by molar-refractivity contribution is 7.89. The Morgan fingerprint density at radius 1 is 0.773 bits per heavy atom. The maximum atomic E-state index is 14.0. The summed E-state index contributed by atoms with van der Waals surface area (Å²) in [6, 6.07) is 22.1. The zero-order chi connectivity index (χ0) is 30.5. The number of benzene rings is 3. The van der Waals surface area contributed by atoms with Crippen LogP contribution in [0.5, 0.6) is 5.75 Å². The second-order valence-electron chi connectivity index (χ2n) is 12.4. The first-order chi connectivity index (χ1) is 21.4. The Kier molecular flexibility index (Phi) is 9.91. The normalized spacial score (nSPS) is 20.6. The van der Waals surface area contributed by atoms with E-state index in [1.165, 1.54) is 36.4 Å². The van der Waals surface area contributed by atoms with E-state index in [9.17, 15) is 13.2 Å². The molecule has 0 unspecified atom stereocenters. The minimum Gasteiger partial charge on any atom is -0.493 e. The Labute approximate surface area is 266 Å². The van der Waals surface area contributed by atoms with E-state index in [1.807, 2.05) is 29.2 Å². The van der Waals surface area contributed by atoms with E-state index in [1.54, 1.807) is 24.3 Å². The molecule has 2 aliphatic heterocycles. The van der Waals surface area contributed by atoms with Gasteiger partial charge in [-0.15, -0.1) is 0 Å². The molecule has 1 amide bonds. The molecule has 0 N–H and O–H groups in total. The van der Waals surface area contributed by atoms with Gasteiger partial charge in [-0.25, -0.2) is 8.42 Å². The number of carbonyl (C=O) groups is 1. The van der Waals surface area contributed by atoms with Crippen molar-refractivity contribution in [1.82, 2.24) is 14.1 Å². The summed E-state index contributed by atoms with van der Waals surface area (Å²) in [7, 11) is -3.88. The van der Waals surface area contributed by atoms with Gasteiger partial charge in [-0.2, -0.15) is 4.31 Å². The highest BCUT2D eigenvalue weighted by Gasteiger charge is 2.42. The molecular weight excluding hydrogens is 594 g/mol. The molecule has 3 aliphatic rings. The fourth-order valence-corrected chi connectivity index (χ4v) is 8.41. The van der Waals surface area contributed by atoms with E-state index in [2.05, 4.69) is 29.2 Å². The predicted molar refractivity (Wildman–Crippen MR) is 174 cm³/mol. The number of carbonyl (C=O) groups excluding carboxylic acids is 1. The molecule has 2 heterocycles. The fourth-order valence-electron chi connectivity index (χ4n) is 6.72. The van der Waals surface area contributed by atoms with Crippen LogP contribution in [0, 0.1) is 5.92 Å². The molecule has 3 fully saturated rings. The molecule has 0 bridgehead atoms. The highest BCUT2D eigenvalue weighted by Crippen LogP contribution is 2.29. The predicted octanol–water partition coefficient (Wildman–Crippen LogP) is 6.46. The standard InChI is InChI=1S/C35H42ClN3O4S/c36-31-14-12-30(13-15-31)29-10-8-27(9-11-29)24-37-22-23-39(34(25-37)35(40)38-20-4-5-21-38)44(41,42)33-18-16-32(17-19-33)43-26-28-6-2-1-3-7-28/h8-19,28,34H,1-7,20-26H2/t34-/m1/s1. The number of amides is 1. The van der Waals surface area contributed by atoms with Gasteiger partial charge in [0.05, 0.1) is 11.5 Å². The smallest absolute Gasteiger partial charge is 0.243 e. The summed E-state index contributed by atoms with van der Waals surface area (Å²) in [4.78, 5) is 18.0. The lowest BCUT2D eigenvalue weighted by atomic mass is 9.90. The van der Waals surface area contributed by atoms with Gasteiger partial charge in [0.15, 0.2) is 0 Å². The highest BCUT2D eigenvalue weighted by atomic mass is 35.5. The molecule has 3 aromatic carbocycles. The quantitative estimate of drug-likeness (QED) is 0.270. The van der Waals surface area contributed by atoms with Crippen LogP contribution in [-0.2, 0) is 21.4 Å². The van der Waals surface area contributed by atoms with E-state index in [0.29, 0.717) is 56.0 Å². The third kappa shape index (κ3) is 7.31. The molecule has 1 saturated carbocycles. The molecule has 7 nitrogen and oxygen atoms in total. The Morgan fingerprint density at radius 3 is 2.07 bits per heavy atom. The Morgan fingerprint density at radius 2 is 1.41 bits per heavy atom. The van der Waals surface area contributed by atoms with Crippen molar-refractivity contribution in [1.29, 1.82) is 0 Å². The first-order valence-electron chi connectivity index (χ1n) is 16.0. The van der Waals surface area contributed by atoms with Gasteiger partial charge in [0.2, 0.25) is 15.9 Å². The zero-order valence-electron chi connectivity index (χ0n) is 25.2. The molecule has 6 rings (SSSR count). The van der Waals surface area contributed by atoms with E-state index in [4.69, 9.17) is 16.3 Å². The van der Waals surface area contributed by atoms with Gasteiger partial charge < -0.3 is 9.64 Å². The molecule has 0 aromatic heterocycles. The van der Waals surface area contributed by atoms with Crippen LogP contribution < -0.4 is 4.74 Å². The van der Waals surface area contributed by atoms with E-state index in [-0.39, 0.29) is 17.3 Å². The molecule has 234 valence electrons. The van der Waals surface area contributed by atoms with Crippen LogP contribution in [0.4, 0.5) is 0 Å². The zero-order valence-corrected chi connectivity index (χ0v) is 26.8. The lowest BCUT2D eigenvalue weighted by molar-refractivity contribution is -0.136. The van der Waals surface area contributed by atoms with Gasteiger partial charge in [-0.3, -0.25) is 9.69 Å². The van der Waals surface area contributed by atoms with Gasteiger partial charge in [-0.05, 0) is 84.7 Å². The Hall–Kier alpha value is -2.91. The number of hydrogen-bond donors (Lipinski definition) is 0. The number of halogens is 1. The van der Waals surface area contributed by atoms with Crippen molar-refractivity contribution in [2.45, 2.75) is 62.4 Å². The van der Waals surface area contributed by atoms with E-state index >= 15 is 0 Å². The van der Waals surface area contributed by atoms with Crippen LogP contribution in [0.25, 0.3) is 11.1 Å². The molecule has 1 aliphatic carbocycles. The van der Waals surface area contributed by atoms with Crippen LogP contribution >= 0.6 is 11.6 Å². The van der Waals surface area contributed by atoms with Crippen molar-refractivity contribution in [3.8, 4) is 16.9 Å². The molecule has 9 heteroatoms. The Balaban J connectivity index is 1.14. The maximum absolute atomic E-state index is 14.0. The molecule has 0 spiro atoms. The molecule has 2 saturated heterocycles. The second-order valence-corrected chi connectivity index (χ2v) is 14.7. The van der Waals surface area contributed by atoms with Crippen molar-refractivity contribution in [3.63, 3.8) is 0 Å². The van der Waals surface area contributed by atoms with Crippen molar-refractivity contribution in [2.75, 3.05) is 39.3 Å². The first kappa shape index (κ1) is 31.1. The lowest BCUT2D eigenvalue weighted by Gasteiger charge is -2.41. The van der Waals surface area contributed by atoms with Gasteiger partial charge >= 0.3 is 0 Å². The van der Waals surface area contributed by atoms with E-state index in [0.717, 1.165) is 29.5 Å². The largest absolute Gasteiger partial charge is 0.493 e. The van der Waals surface area contributed by atoms with Crippen molar-refractivity contribution < 1.29 is 17.9 Å². The summed E-state index contributed by atoms with van der Waals surface area (Å²) in [5, 5.41) is 0.709. The van der Waals surface area contributed by atoms with Crippen molar-refractivity contribution in [3.05, 3.63) is 83.4 Å².